The van der Waals surface area contributed by atoms with Gasteiger partial charge in [-0.3, -0.25) is 4.79 Å². The van der Waals surface area contributed by atoms with Crippen LogP contribution in [0.2, 0.25) is 0 Å². The van der Waals surface area contributed by atoms with E-state index in [9.17, 15) is 9.90 Å². The van der Waals surface area contributed by atoms with Gasteiger partial charge >= 0.3 is 0 Å². The van der Waals surface area contributed by atoms with Gasteiger partial charge < -0.3 is 5.11 Å². The van der Waals surface area contributed by atoms with Crippen molar-refractivity contribution in [2.75, 3.05) is 0 Å². The fourth-order valence-corrected chi connectivity index (χ4v) is 6.19. The lowest BCUT2D eigenvalue weighted by Gasteiger charge is -2.57. The van der Waals surface area contributed by atoms with Crippen molar-refractivity contribution in [1.82, 2.24) is 0 Å². The summed E-state index contributed by atoms with van der Waals surface area (Å²) in [6.07, 6.45) is 11.8. The summed E-state index contributed by atoms with van der Waals surface area (Å²) in [6.45, 7) is 10.8. The van der Waals surface area contributed by atoms with Crippen molar-refractivity contribution in [2.45, 2.75) is 52.6 Å². The summed E-state index contributed by atoms with van der Waals surface area (Å²) >= 11 is 0. The monoisotopic (exact) mass is 324 g/mol. The van der Waals surface area contributed by atoms with E-state index >= 15 is 0 Å². The molecule has 0 aromatic heterocycles. The van der Waals surface area contributed by atoms with Crippen LogP contribution in [0.25, 0.3) is 0 Å². The van der Waals surface area contributed by atoms with E-state index in [2.05, 4.69) is 45.6 Å². The van der Waals surface area contributed by atoms with Crippen LogP contribution in [0.5, 0.6) is 0 Å². The lowest BCUT2D eigenvalue weighted by atomic mass is 9.47. The summed E-state index contributed by atoms with van der Waals surface area (Å²) in [6, 6.07) is 0. The molecule has 2 heteroatoms. The summed E-state index contributed by atoms with van der Waals surface area (Å²) in [5.74, 6) is 1.58. The first-order valence-corrected chi connectivity index (χ1v) is 9.26. The zero-order valence-corrected chi connectivity index (χ0v) is 15.0. The van der Waals surface area contributed by atoms with E-state index in [1.807, 2.05) is 6.08 Å². The fourth-order valence-electron chi connectivity index (χ4n) is 6.19. The van der Waals surface area contributed by atoms with Gasteiger partial charge in [0.1, 0.15) is 0 Å². The van der Waals surface area contributed by atoms with Gasteiger partial charge in [-0.1, -0.05) is 44.2 Å². The highest BCUT2D eigenvalue weighted by atomic mass is 16.3. The Morgan fingerprint density at radius 2 is 2.08 bits per heavy atom. The second-order valence-corrected chi connectivity index (χ2v) is 8.80. The Kier molecular flexibility index (Phi) is 3.38. The molecule has 0 aliphatic heterocycles. The van der Waals surface area contributed by atoms with Crippen molar-refractivity contribution >= 4 is 5.78 Å². The topological polar surface area (TPSA) is 37.3 Å². The SMILES string of the molecule is C=C(C)C1=CC[C@H]2[C@@H]3C=CC4=CC(=O)CC[C@]4(C)[C@H]3C[C@@H](O)[C@]12C. The largest absolute Gasteiger partial charge is 0.392 e. The Morgan fingerprint density at radius 1 is 1.33 bits per heavy atom. The highest BCUT2D eigenvalue weighted by Gasteiger charge is 2.59. The summed E-state index contributed by atoms with van der Waals surface area (Å²) < 4.78 is 0. The van der Waals surface area contributed by atoms with Crippen LogP contribution >= 0.6 is 0 Å². The van der Waals surface area contributed by atoms with Gasteiger partial charge in [0.25, 0.3) is 0 Å². The first-order chi connectivity index (χ1) is 11.3. The smallest absolute Gasteiger partial charge is 0.156 e. The molecule has 0 aromatic carbocycles. The third-order valence-corrected chi connectivity index (χ3v) is 7.67. The number of aliphatic hydroxyl groups excluding tert-OH is 1. The molecule has 0 spiro atoms. The van der Waals surface area contributed by atoms with Crippen LogP contribution in [0.3, 0.4) is 0 Å². The van der Waals surface area contributed by atoms with Gasteiger partial charge in [-0.15, -0.1) is 0 Å². The van der Waals surface area contributed by atoms with Crippen molar-refractivity contribution in [3.05, 3.63) is 47.6 Å². The number of aliphatic hydroxyl groups is 1. The lowest BCUT2D eigenvalue weighted by molar-refractivity contribution is -0.117. The van der Waals surface area contributed by atoms with Gasteiger partial charge in [-0.2, -0.15) is 0 Å². The number of carbonyl (C=O) groups excluding carboxylic acids is 1. The molecule has 1 N–H and O–H groups in total. The average molecular weight is 324 g/mol. The number of carbonyl (C=O) groups is 1. The first-order valence-electron chi connectivity index (χ1n) is 9.26. The molecule has 2 nitrogen and oxygen atoms in total. The van der Waals surface area contributed by atoms with E-state index in [0.717, 1.165) is 24.8 Å². The van der Waals surface area contributed by atoms with Gasteiger partial charge in [0.05, 0.1) is 6.10 Å². The Bertz CT molecular complexity index is 709. The normalized spacial score (nSPS) is 46.6. The maximum atomic E-state index is 11.9. The third kappa shape index (κ3) is 1.89. The maximum Gasteiger partial charge on any atom is 0.156 e. The van der Waals surface area contributed by atoms with E-state index in [0.29, 0.717) is 24.2 Å². The van der Waals surface area contributed by atoms with Gasteiger partial charge in [0.15, 0.2) is 5.78 Å². The first kappa shape index (κ1) is 16.1. The van der Waals surface area contributed by atoms with E-state index in [4.69, 9.17) is 0 Å². The van der Waals surface area contributed by atoms with E-state index < -0.39 is 0 Å². The average Bonchev–Trinajstić information content (AvgIpc) is 2.88. The minimum atomic E-state index is -0.337. The third-order valence-electron chi connectivity index (χ3n) is 7.67. The minimum Gasteiger partial charge on any atom is -0.392 e. The van der Waals surface area contributed by atoms with Crippen LogP contribution in [-0.2, 0) is 4.79 Å². The zero-order valence-electron chi connectivity index (χ0n) is 15.0. The summed E-state index contributed by atoms with van der Waals surface area (Å²) in [5, 5.41) is 11.2. The molecule has 1 saturated carbocycles. The number of rotatable bonds is 1. The molecule has 0 heterocycles. The van der Waals surface area contributed by atoms with Crippen molar-refractivity contribution in [3.63, 3.8) is 0 Å². The molecule has 4 aliphatic rings. The van der Waals surface area contributed by atoms with Crippen molar-refractivity contribution in [3.8, 4) is 0 Å². The highest BCUT2D eigenvalue weighted by molar-refractivity contribution is 5.92. The van der Waals surface area contributed by atoms with Crippen LogP contribution < -0.4 is 0 Å². The van der Waals surface area contributed by atoms with Crippen LogP contribution in [0, 0.1) is 28.6 Å². The van der Waals surface area contributed by atoms with Crippen molar-refractivity contribution in [1.29, 1.82) is 0 Å². The minimum absolute atomic E-state index is 0.0294. The highest BCUT2D eigenvalue weighted by Crippen LogP contribution is 2.64. The van der Waals surface area contributed by atoms with Gasteiger partial charge in [0.2, 0.25) is 0 Å². The molecular weight excluding hydrogens is 296 g/mol. The second kappa shape index (κ2) is 5.05. The number of ketones is 1. The molecule has 128 valence electrons. The standard InChI is InChI=1S/C22H28O2/c1-13(2)17-7-8-18-16-6-5-14-11-15(23)9-10-21(14,3)19(16)12-20(24)22(17,18)4/h5-7,11,16,18-20,24H,1,8-10,12H2,2-4H3/t16-,18-,19-,20+,21-,22+/m0/s1. The molecule has 0 bridgehead atoms. The Labute approximate surface area is 145 Å². The van der Waals surface area contributed by atoms with Crippen molar-refractivity contribution in [2.24, 2.45) is 28.6 Å². The number of hydrogen-bond donors (Lipinski definition) is 1. The molecule has 0 radical (unpaired) electrons. The second-order valence-electron chi connectivity index (χ2n) is 8.80. The number of allylic oxidation sites excluding steroid dienone is 6. The molecule has 4 rings (SSSR count). The molecular formula is C22H28O2. The molecule has 0 saturated heterocycles. The maximum absolute atomic E-state index is 11.9. The molecule has 1 fully saturated rings. The van der Waals surface area contributed by atoms with Crippen LogP contribution in [0.1, 0.15) is 46.5 Å². The molecule has 0 amide bonds. The van der Waals surface area contributed by atoms with Crippen LogP contribution in [0.4, 0.5) is 0 Å². The number of hydrogen-bond acceptors (Lipinski definition) is 2. The van der Waals surface area contributed by atoms with E-state index in [-0.39, 0.29) is 22.7 Å². The van der Waals surface area contributed by atoms with Crippen LogP contribution in [-0.4, -0.2) is 17.0 Å². The summed E-state index contributed by atoms with van der Waals surface area (Å²) in [5.41, 5.74) is 3.38. The van der Waals surface area contributed by atoms with Gasteiger partial charge in [0, 0.05) is 11.8 Å². The van der Waals surface area contributed by atoms with E-state index in [1.165, 1.54) is 11.1 Å². The Hall–Kier alpha value is -1.41. The fraction of sp³-hybridized carbons (Fsp3) is 0.591. The van der Waals surface area contributed by atoms with Crippen LogP contribution in [0.15, 0.2) is 47.6 Å². The van der Waals surface area contributed by atoms with E-state index in [1.54, 1.807) is 0 Å². The zero-order chi connectivity index (χ0) is 17.3. The lowest BCUT2D eigenvalue weighted by Crippen LogP contribution is -2.54. The molecule has 24 heavy (non-hydrogen) atoms. The predicted octanol–water partition coefficient (Wildman–Crippen LogP) is 4.38. The van der Waals surface area contributed by atoms with Gasteiger partial charge in [-0.05, 0) is 66.6 Å². The molecule has 4 aliphatic carbocycles. The summed E-state index contributed by atoms with van der Waals surface area (Å²) in [7, 11) is 0. The van der Waals surface area contributed by atoms with Gasteiger partial charge in [-0.25, -0.2) is 0 Å². The molecule has 0 aromatic rings. The Balaban J connectivity index is 1.78. The Morgan fingerprint density at radius 3 is 2.79 bits per heavy atom. The quantitative estimate of drug-likeness (QED) is 0.777. The molecule has 0 unspecified atom stereocenters. The number of fused-ring (bicyclic) bond motifs is 5. The summed E-state index contributed by atoms with van der Waals surface area (Å²) in [4.78, 5) is 11.9. The predicted molar refractivity (Wildman–Crippen MR) is 96.3 cm³/mol. The van der Waals surface area contributed by atoms with Crippen molar-refractivity contribution < 1.29 is 9.90 Å². The molecule has 6 atom stereocenters.